The Kier molecular flexibility index (Phi) is 5.76. The normalized spacial score (nSPS) is 20.8. The number of nitrogens with one attached hydrogen (secondary N) is 1. The average molecular weight is 292 g/mol. The number of aliphatic hydroxyl groups excluding tert-OH is 1. The van der Waals surface area contributed by atoms with E-state index >= 15 is 0 Å². The maximum atomic E-state index is 12.0. The second kappa shape index (κ2) is 6.67. The van der Waals surface area contributed by atoms with E-state index in [1.807, 2.05) is 0 Å². The van der Waals surface area contributed by atoms with Crippen LogP contribution in [-0.2, 0) is 14.6 Å². The number of carbonyl (C=O) groups excluding carboxylic acids is 1. The highest BCUT2D eigenvalue weighted by atomic mass is 32.2. The number of nitrogens with two attached hydrogens (primary N) is 1. The van der Waals surface area contributed by atoms with E-state index in [1.165, 1.54) is 0 Å². The maximum Gasteiger partial charge on any atom is 0.237 e. The van der Waals surface area contributed by atoms with Gasteiger partial charge in [-0.05, 0) is 19.3 Å². The third kappa shape index (κ3) is 5.46. The van der Waals surface area contributed by atoms with E-state index in [4.69, 9.17) is 5.73 Å². The number of rotatable bonds is 6. The summed E-state index contributed by atoms with van der Waals surface area (Å²) in [5.74, 6) is -0.479. The lowest BCUT2D eigenvalue weighted by atomic mass is 9.82. The molecule has 1 fully saturated rings. The van der Waals surface area contributed by atoms with Gasteiger partial charge in [-0.1, -0.05) is 19.3 Å². The van der Waals surface area contributed by atoms with Gasteiger partial charge in [0.2, 0.25) is 5.91 Å². The van der Waals surface area contributed by atoms with Crippen molar-refractivity contribution in [2.75, 3.05) is 18.6 Å². The molecule has 0 aromatic heterocycles. The van der Waals surface area contributed by atoms with E-state index in [0.717, 1.165) is 38.4 Å². The number of hydrogen-bond acceptors (Lipinski definition) is 5. The topological polar surface area (TPSA) is 109 Å². The zero-order valence-corrected chi connectivity index (χ0v) is 12.2. The predicted octanol–water partition coefficient (Wildman–Crippen LogP) is -0.440. The van der Waals surface area contributed by atoms with Crippen LogP contribution in [0.3, 0.4) is 0 Å². The highest BCUT2D eigenvalue weighted by molar-refractivity contribution is 7.90. The van der Waals surface area contributed by atoms with Crippen molar-refractivity contribution < 1.29 is 18.3 Å². The van der Waals surface area contributed by atoms with Gasteiger partial charge < -0.3 is 16.2 Å². The van der Waals surface area contributed by atoms with E-state index in [0.29, 0.717) is 0 Å². The van der Waals surface area contributed by atoms with E-state index in [9.17, 15) is 18.3 Å². The van der Waals surface area contributed by atoms with Crippen LogP contribution in [-0.4, -0.2) is 49.6 Å². The van der Waals surface area contributed by atoms with Gasteiger partial charge in [-0.25, -0.2) is 8.42 Å². The van der Waals surface area contributed by atoms with E-state index < -0.39 is 21.4 Å². The van der Waals surface area contributed by atoms with Crippen molar-refractivity contribution in [3.8, 4) is 0 Å². The largest absolute Gasteiger partial charge is 0.394 e. The second-order valence-electron chi connectivity index (χ2n) is 5.51. The third-order valence-corrected chi connectivity index (χ3v) is 4.62. The van der Waals surface area contributed by atoms with Gasteiger partial charge in [-0.2, -0.15) is 0 Å². The number of amides is 1. The lowest BCUT2D eigenvalue weighted by Gasteiger charge is -2.37. The minimum absolute atomic E-state index is 0.0997. The van der Waals surface area contributed by atoms with Gasteiger partial charge in [0.05, 0.1) is 23.9 Å². The summed E-state index contributed by atoms with van der Waals surface area (Å²) in [6.07, 6.45) is 5.76. The first-order chi connectivity index (χ1) is 8.78. The van der Waals surface area contributed by atoms with E-state index in [1.54, 1.807) is 0 Å². The van der Waals surface area contributed by atoms with Crippen LogP contribution in [0.2, 0.25) is 0 Å². The summed E-state index contributed by atoms with van der Waals surface area (Å²) in [7, 11) is -3.12. The maximum absolute atomic E-state index is 12.0. The summed E-state index contributed by atoms with van der Waals surface area (Å²) in [5, 5.41) is 12.3. The Balaban J connectivity index is 2.52. The van der Waals surface area contributed by atoms with Crippen LogP contribution in [0.1, 0.15) is 38.5 Å². The molecule has 0 aromatic rings. The van der Waals surface area contributed by atoms with Crippen molar-refractivity contribution in [3.63, 3.8) is 0 Å². The molecule has 1 saturated carbocycles. The monoisotopic (exact) mass is 292 g/mol. The van der Waals surface area contributed by atoms with E-state index in [2.05, 4.69) is 5.32 Å². The molecule has 6 nitrogen and oxygen atoms in total. The smallest absolute Gasteiger partial charge is 0.237 e. The Labute approximate surface area is 114 Å². The van der Waals surface area contributed by atoms with E-state index in [-0.39, 0.29) is 24.7 Å². The average Bonchev–Trinajstić information content (AvgIpc) is 2.36. The molecule has 0 saturated heterocycles. The Morgan fingerprint density at radius 3 is 2.42 bits per heavy atom. The Hall–Kier alpha value is -0.660. The molecule has 7 heteroatoms. The fraction of sp³-hybridized carbons (Fsp3) is 0.917. The summed E-state index contributed by atoms with van der Waals surface area (Å²) in [4.78, 5) is 12.0. The molecule has 1 unspecified atom stereocenters. The zero-order valence-electron chi connectivity index (χ0n) is 11.4. The van der Waals surface area contributed by atoms with Crippen molar-refractivity contribution in [1.82, 2.24) is 5.32 Å². The molecule has 0 aliphatic heterocycles. The molecule has 0 spiro atoms. The molecule has 1 amide bonds. The van der Waals surface area contributed by atoms with Gasteiger partial charge in [-0.3, -0.25) is 4.79 Å². The Morgan fingerprint density at radius 2 is 1.95 bits per heavy atom. The molecule has 0 bridgehead atoms. The van der Waals surface area contributed by atoms with Crippen molar-refractivity contribution in [1.29, 1.82) is 0 Å². The lowest BCUT2D eigenvalue weighted by Crippen LogP contribution is -2.56. The standard InChI is InChI=1S/C12H24N2O4S/c1-19(17,18)8-5-10(13)11(16)14-12(9-15)6-3-2-4-7-12/h10,15H,2-9,13H2,1H3,(H,14,16). The van der Waals surface area contributed by atoms with Crippen LogP contribution in [0.5, 0.6) is 0 Å². The predicted molar refractivity (Wildman–Crippen MR) is 73.3 cm³/mol. The van der Waals surface area contributed by atoms with Crippen molar-refractivity contribution in [3.05, 3.63) is 0 Å². The van der Waals surface area contributed by atoms with Crippen LogP contribution in [0.4, 0.5) is 0 Å². The van der Waals surface area contributed by atoms with Crippen LogP contribution >= 0.6 is 0 Å². The SMILES string of the molecule is CS(=O)(=O)CCC(N)C(=O)NC1(CO)CCCCC1. The number of carbonyl (C=O) groups is 1. The van der Waals surface area contributed by atoms with Gasteiger partial charge in [0.15, 0.2) is 0 Å². The molecule has 0 heterocycles. The number of aliphatic hydroxyl groups is 1. The summed E-state index contributed by atoms with van der Waals surface area (Å²) in [6.45, 7) is -0.0997. The van der Waals surface area contributed by atoms with Gasteiger partial charge in [0, 0.05) is 6.26 Å². The first-order valence-corrected chi connectivity index (χ1v) is 8.70. The molecular weight excluding hydrogens is 268 g/mol. The van der Waals surface area contributed by atoms with Gasteiger partial charge in [0.25, 0.3) is 0 Å². The molecule has 0 radical (unpaired) electrons. The van der Waals surface area contributed by atoms with Crippen LogP contribution < -0.4 is 11.1 Å². The number of hydrogen-bond donors (Lipinski definition) is 3. The third-order valence-electron chi connectivity index (χ3n) is 3.64. The first-order valence-electron chi connectivity index (χ1n) is 6.64. The summed E-state index contributed by atoms with van der Waals surface area (Å²) >= 11 is 0. The fourth-order valence-electron chi connectivity index (χ4n) is 2.38. The van der Waals surface area contributed by atoms with Crippen LogP contribution in [0, 0.1) is 0 Å². The second-order valence-corrected chi connectivity index (χ2v) is 7.77. The fourth-order valence-corrected chi connectivity index (χ4v) is 3.06. The Bertz CT molecular complexity index is 402. The summed E-state index contributed by atoms with van der Waals surface area (Å²) < 4.78 is 22.1. The highest BCUT2D eigenvalue weighted by Gasteiger charge is 2.34. The molecule has 1 rings (SSSR count). The molecule has 4 N–H and O–H groups in total. The van der Waals surface area contributed by atoms with Crippen LogP contribution in [0.25, 0.3) is 0 Å². The highest BCUT2D eigenvalue weighted by Crippen LogP contribution is 2.27. The summed E-state index contributed by atoms with van der Waals surface area (Å²) in [5.41, 5.74) is 5.13. The molecule has 1 aliphatic rings. The van der Waals surface area contributed by atoms with Crippen molar-refractivity contribution in [2.24, 2.45) is 5.73 Å². The minimum atomic E-state index is -3.12. The Morgan fingerprint density at radius 1 is 1.37 bits per heavy atom. The molecule has 1 aliphatic carbocycles. The van der Waals surface area contributed by atoms with Crippen molar-refractivity contribution in [2.45, 2.75) is 50.1 Å². The summed E-state index contributed by atoms with van der Waals surface area (Å²) in [6, 6.07) is -0.847. The molecule has 19 heavy (non-hydrogen) atoms. The molecular formula is C12H24N2O4S. The quantitative estimate of drug-likeness (QED) is 0.615. The molecule has 112 valence electrons. The van der Waals surface area contributed by atoms with Gasteiger partial charge in [-0.15, -0.1) is 0 Å². The van der Waals surface area contributed by atoms with Crippen molar-refractivity contribution >= 4 is 15.7 Å². The van der Waals surface area contributed by atoms with Gasteiger partial charge >= 0.3 is 0 Å². The van der Waals surface area contributed by atoms with Gasteiger partial charge in [0.1, 0.15) is 9.84 Å². The van der Waals surface area contributed by atoms with Crippen LogP contribution in [0.15, 0.2) is 0 Å². The number of sulfone groups is 1. The molecule has 1 atom stereocenters. The lowest BCUT2D eigenvalue weighted by molar-refractivity contribution is -0.125. The zero-order chi connectivity index (χ0) is 14.5. The minimum Gasteiger partial charge on any atom is -0.394 e. The molecule has 0 aromatic carbocycles. The first kappa shape index (κ1) is 16.4.